The number of halogens is 1. The van der Waals surface area contributed by atoms with Gasteiger partial charge in [0.2, 0.25) is 0 Å². The van der Waals surface area contributed by atoms with Gasteiger partial charge in [-0.3, -0.25) is 0 Å². The van der Waals surface area contributed by atoms with Gasteiger partial charge in [-0.25, -0.2) is 0 Å². The molecule has 0 aliphatic carbocycles. The van der Waals surface area contributed by atoms with Crippen LogP contribution >= 0.6 is 15.9 Å². The molecule has 1 atom stereocenters. The van der Waals surface area contributed by atoms with E-state index in [0.717, 1.165) is 28.9 Å². The Hall–Kier alpha value is -0.700. The maximum absolute atomic E-state index is 5.67. The molecule has 0 saturated heterocycles. The maximum atomic E-state index is 5.67. The Morgan fingerprint density at radius 1 is 1.50 bits per heavy atom. The fourth-order valence-electron chi connectivity index (χ4n) is 0.980. The third-order valence-corrected chi connectivity index (χ3v) is 2.83. The smallest absolute Gasteiger partial charge is 0.135 e. The molecule has 0 radical (unpaired) electrons. The van der Waals surface area contributed by atoms with Gasteiger partial charge in [0.1, 0.15) is 5.75 Å². The van der Waals surface area contributed by atoms with Crippen molar-refractivity contribution in [1.29, 1.82) is 0 Å². The zero-order valence-corrected chi connectivity index (χ0v) is 10.2. The summed E-state index contributed by atoms with van der Waals surface area (Å²) in [4.78, 5) is 0. The van der Waals surface area contributed by atoms with E-state index >= 15 is 0 Å². The van der Waals surface area contributed by atoms with Crippen LogP contribution in [-0.2, 0) is 0 Å². The highest BCUT2D eigenvalue weighted by Crippen LogP contribution is 2.27. The zero-order valence-electron chi connectivity index (χ0n) is 8.59. The van der Waals surface area contributed by atoms with Crippen LogP contribution < -0.4 is 10.5 Å². The van der Waals surface area contributed by atoms with Crippen LogP contribution in [0.15, 0.2) is 22.7 Å². The van der Waals surface area contributed by atoms with E-state index in [-0.39, 0.29) is 0 Å². The number of hydrogen-bond acceptors (Lipinski definition) is 2. The Kier molecular flexibility index (Phi) is 4.26. The van der Waals surface area contributed by atoms with Crippen LogP contribution in [0.2, 0.25) is 0 Å². The summed E-state index contributed by atoms with van der Waals surface area (Å²) in [6.07, 6.45) is 1.12. The topological polar surface area (TPSA) is 35.2 Å². The van der Waals surface area contributed by atoms with Crippen molar-refractivity contribution in [3.05, 3.63) is 22.7 Å². The molecule has 0 aromatic heterocycles. The van der Waals surface area contributed by atoms with Crippen molar-refractivity contribution in [3.8, 4) is 5.75 Å². The van der Waals surface area contributed by atoms with Gasteiger partial charge < -0.3 is 10.5 Å². The lowest BCUT2D eigenvalue weighted by Crippen LogP contribution is -2.07. The van der Waals surface area contributed by atoms with Crippen molar-refractivity contribution in [2.75, 3.05) is 12.3 Å². The Balaban J connectivity index is 2.62. The summed E-state index contributed by atoms with van der Waals surface area (Å²) in [5, 5.41) is 0. The average Bonchev–Trinajstić information content (AvgIpc) is 2.19. The molecule has 0 fully saturated rings. The minimum Gasteiger partial charge on any atom is -0.492 e. The Bertz CT molecular complexity index is 301. The summed E-state index contributed by atoms with van der Waals surface area (Å²) < 4.78 is 6.60. The fourth-order valence-corrected chi connectivity index (χ4v) is 1.34. The number of hydrogen-bond donors (Lipinski definition) is 1. The first-order valence-electron chi connectivity index (χ1n) is 4.81. The van der Waals surface area contributed by atoms with Crippen LogP contribution in [0.4, 0.5) is 5.69 Å². The van der Waals surface area contributed by atoms with Gasteiger partial charge in [-0.2, -0.15) is 0 Å². The molecule has 0 aliphatic heterocycles. The van der Waals surface area contributed by atoms with Crippen molar-refractivity contribution in [1.82, 2.24) is 0 Å². The van der Waals surface area contributed by atoms with E-state index in [2.05, 4.69) is 29.8 Å². The SMILES string of the molecule is CCC(C)COc1cc(N)ccc1Br. The van der Waals surface area contributed by atoms with Crippen molar-refractivity contribution in [2.24, 2.45) is 5.92 Å². The van der Waals surface area contributed by atoms with E-state index in [4.69, 9.17) is 10.5 Å². The molecule has 1 aromatic rings. The molecule has 3 heteroatoms. The van der Waals surface area contributed by atoms with Crippen LogP contribution in [0.3, 0.4) is 0 Å². The highest BCUT2D eigenvalue weighted by molar-refractivity contribution is 9.10. The summed E-state index contributed by atoms with van der Waals surface area (Å²) >= 11 is 3.42. The molecule has 0 heterocycles. The molecule has 1 unspecified atom stereocenters. The fraction of sp³-hybridized carbons (Fsp3) is 0.455. The van der Waals surface area contributed by atoms with Gasteiger partial charge in [-0.1, -0.05) is 20.3 Å². The normalized spacial score (nSPS) is 12.5. The van der Waals surface area contributed by atoms with E-state index in [1.165, 1.54) is 0 Å². The molecule has 2 nitrogen and oxygen atoms in total. The molecular formula is C11H16BrNO. The van der Waals surface area contributed by atoms with Gasteiger partial charge in [-0.15, -0.1) is 0 Å². The lowest BCUT2D eigenvalue weighted by molar-refractivity contribution is 0.255. The maximum Gasteiger partial charge on any atom is 0.135 e. The molecule has 1 aromatic carbocycles. The lowest BCUT2D eigenvalue weighted by Gasteiger charge is -2.12. The summed E-state index contributed by atoms with van der Waals surface area (Å²) in [6.45, 7) is 5.06. The molecule has 0 saturated carbocycles. The lowest BCUT2D eigenvalue weighted by atomic mass is 10.1. The number of rotatable bonds is 4. The molecule has 78 valence electrons. The quantitative estimate of drug-likeness (QED) is 0.839. The Morgan fingerprint density at radius 2 is 2.21 bits per heavy atom. The van der Waals surface area contributed by atoms with E-state index in [1.54, 1.807) is 0 Å². The molecular weight excluding hydrogens is 242 g/mol. The summed E-state index contributed by atoms with van der Waals surface area (Å²) in [6, 6.07) is 5.59. The number of anilines is 1. The van der Waals surface area contributed by atoms with Gasteiger partial charge in [-0.05, 0) is 34.0 Å². The third-order valence-electron chi connectivity index (χ3n) is 2.18. The average molecular weight is 258 g/mol. The molecule has 0 aliphatic rings. The minimum absolute atomic E-state index is 0.573. The predicted molar refractivity (Wildman–Crippen MR) is 63.5 cm³/mol. The van der Waals surface area contributed by atoms with Crippen molar-refractivity contribution in [3.63, 3.8) is 0 Å². The second-order valence-corrected chi connectivity index (χ2v) is 4.37. The second-order valence-electron chi connectivity index (χ2n) is 3.51. The van der Waals surface area contributed by atoms with Crippen LogP contribution in [0, 0.1) is 5.92 Å². The molecule has 1 rings (SSSR count). The summed E-state index contributed by atoms with van der Waals surface area (Å²) in [5.74, 6) is 1.40. The molecule has 2 N–H and O–H groups in total. The number of nitrogens with two attached hydrogens (primary N) is 1. The van der Waals surface area contributed by atoms with Gasteiger partial charge >= 0.3 is 0 Å². The number of benzene rings is 1. The first-order valence-corrected chi connectivity index (χ1v) is 5.60. The van der Waals surface area contributed by atoms with Crippen LogP contribution in [0.25, 0.3) is 0 Å². The minimum atomic E-state index is 0.573. The summed E-state index contributed by atoms with van der Waals surface area (Å²) in [5.41, 5.74) is 6.39. The first-order chi connectivity index (χ1) is 6.63. The van der Waals surface area contributed by atoms with Crippen LogP contribution in [-0.4, -0.2) is 6.61 Å². The number of ether oxygens (including phenoxy) is 1. The van der Waals surface area contributed by atoms with E-state index in [0.29, 0.717) is 5.92 Å². The van der Waals surface area contributed by atoms with E-state index in [9.17, 15) is 0 Å². The Labute approximate surface area is 93.6 Å². The standard InChI is InChI=1S/C11H16BrNO/c1-3-8(2)7-14-11-6-9(13)4-5-10(11)12/h4-6,8H,3,7,13H2,1-2H3. The second kappa shape index (κ2) is 5.25. The molecule has 0 spiro atoms. The highest BCUT2D eigenvalue weighted by Gasteiger charge is 2.04. The van der Waals surface area contributed by atoms with E-state index < -0.39 is 0 Å². The van der Waals surface area contributed by atoms with Crippen molar-refractivity contribution < 1.29 is 4.74 Å². The van der Waals surface area contributed by atoms with Crippen molar-refractivity contribution in [2.45, 2.75) is 20.3 Å². The number of nitrogen functional groups attached to an aromatic ring is 1. The van der Waals surface area contributed by atoms with Crippen LogP contribution in [0.1, 0.15) is 20.3 Å². The van der Waals surface area contributed by atoms with Crippen LogP contribution in [0.5, 0.6) is 5.75 Å². The van der Waals surface area contributed by atoms with Gasteiger partial charge in [0.05, 0.1) is 11.1 Å². The first kappa shape index (κ1) is 11.4. The summed E-state index contributed by atoms with van der Waals surface area (Å²) in [7, 11) is 0. The predicted octanol–water partition coefficient (Wildman–Crippen LogP) is 3.46. The Morgan fingerprint density at radius 3 is 2.86 bits per heavy atom. The molecule has 0 amide bonds. The van der Waals surface area contributed by atoms with E-state index in [1.807, 2.05) is 18.2 Å². The van der Waals surface area contributed by atoms with Crippen molar-refractivity contribution >= 4 is 21.6 Å². The third kappa shape index (κ3) is 3.22. The molecule has 14 heavy (non-hydrogen) atoms. The highest BCUT2D eigenvalue weighted by atomic mass is 79.9. The van der Waals surface area contributed by atoms with Gasteiger partial charge in [0.25, 0.3) is 0 Å². The molecule has 0 bridgehead atoms. The van der Waals surface area contributed by atoms with Gasteiger partial charge in [0.15, 0.2) is 0 Å². The van der Waals surface area contributed by atoms with Gasteiger partial charge in [0, 0.05) is 11.8 Å². The largest absolute Gasteiger partial charge is 0.492 e. The zero-order chi connectivity index (χ0) is 10.6. The monoisotopic (exact) mass is 257 g/mol.